The minimum absolute atomic E-state index is 0.0516. The first kappa shape index (κ1) is 33.3. The molecule has 1 aliphatic heterocycles. The molecule has 0 aliphatic carbocycles. The van der Waals surface area contributed by atoms with Crippen LogP contribution in [0.1, 0.15) is 50.5 Å². The second-order valence-electron chi connectivity index (χ2n) is 11.3. The van der Waals surface area contributed by atoms with E-state index in [1.165, 1.54) is 18.5 Å². The number of nitrogens with two attached hydrogens (primary N) is 1. The van der Waals surface area contributed by atoms with E-state index in [2.05, 4.69) is 36.2 Å². The highest BCUT2D eigenvalue weighted by molar-refractivity contribution is 6.31. The predicted octanol–water partition coefficient (Wildman–Crippen LogP) is 6.44. The number of carbonyl (C=O) groups excluding carboxylic acids is 2. The summed E-state index contributed by atoms with van der Waals surface area (Å²) in [6.07, 6.45) is 4.85. The third-order valence-electron chi connectivity index (χ3n) is 7.82. The van der Waals surface area contributed by atoms with Gasteiger partial charge in [-0.2, -0.15) is 0 Å². The van der Waals surface area contributed by atoms with Gasteiger partial charge in [0.15, 0.2) is 5.82 Å². The van der Waals surface area contributed by atoms with Crippen molar-refractivity contribution in [1.29, 1.82) is 0 Å². The Bertz CT molecular complexity index is 1820. The molecule has 2 amide bonds. The second kappa shape index (κ2) is 15.0. The zero-order valence-electron chi connectivity index (χ0n) is 26.2. The molecule has 47 heavy (non-hydrogen) atoms. The van der Waals surface area contributed by atoms with Crippen LogP contribution in [0.15, 0.2) is 78.5 Å². The normalized spacial score (nSPS) is 16.8. The standard InChI is InChI=1S/C34H36ClFN8O3/c1-19-6-4-8-26(43-34(46)32(37)20(2)41-27-9-5-7-25(35)31(27)36)29-14-21(12-13-38-29)24-11-10-22(15-28(24)44-33(19)45)42-30-16-23(17-47-3)39-18-40-30/h5,7,9-16,18-19,26,41H,4,6,8,17,37H2,1-3H3,(H,43,46)(H,44,45)(H,39,40,42)/b32-20-. The number of fused-ring (bicyclic) bond motifs is 4. The van der Waals surface area contributed by atoms with Gasteiger partial charge >= 0.3 is 0 Å². The summed E-state index contributed by atoms with van der Waals surface area (Å²) < 4.78 is 19.6. The number of hydrogen-bond acceptors (Lipinski definition) is 9. The van der Waals surface area contributed by atoms with E-state index in [9.17, 15) is 14.0 Å². The SMILES string of the molecule is COCc1cc(Nc2ccc3c(c2)NC(=O)C(C)CCCC(NC(=O)/C(N)=C(\C)Nc2cccc(Cl)c2F)c2cc-3ccn2)ncn1. The highest BCUT2D eigenvalue weighted by Gasteiger charge is 2.23. The maximum absolute atomic E-state index is 14.5. The minimum Gasteiger partial charge on any atom is -0.393 e. The first-order chi connectivity index (χ1) is 22.6. The van der Waals surface area contributed by atoms with Gasteiger partial charge < -0.3 is 31.7 Å². The molecule has 2 unspecified atom stereocenters. The van der Waals surface area contributed by atoms with Crippen molar-refractivity contribution in [2.75, 3.05) is 23.1 Å². The minimum atomic E-state index is -0.645. The topological polar surface area (TPSA) is 156 Å². The number of halogens is 2. The average molecular weight is 659 g/mol. The van der Waals surface area contributed by atoms with E-state index < -0.39 is 17.8 Å². The van der Waals surface area contributed by atoms with Gasteiger partial charge in [-0.1, -0.05) is 37.1 Å². The quantitative estimate of drug-likeness (QED) is 0.134. The Morgan fingerprint density at radius 2 is 1.96 bits per heavy atom. The molecule has 0 fully saturated rings. The Morgan fingerprint density at radius 3 is 2.77 bits per heavy atom. The van der Waals surface area contributed by atoms with Crippen molar-refractivity contribution in [3.63, 3.8) is 0 Å². The molecule has 2 aromatic heterocycles. The third-order valence-corrected chi connectivity index (χ3v) is 8.11. The molecule has 0 spiro atoms. The summed E-state index contributed by atoms with van der Waals surface area (Å²) in [5.41, 5.74) is 10.7. The Balaban J connectivity index is 1.43. The summed E-state index contributed by atoms with van der Waals surface area (Å²) in [6, 6.07) is 15.2. The molecular formula is C34H36ClFN8O3. The number of ether oxygens (including phenoxy) is 1. The summed E-state index contributed by atoms with van der Waals surface area (Å²) in [4.78, 5) is 39.8. The van der Waals surface area contributed by atoms with Gasteiger partial charge in [0.1, 0.15) is 17.8 Å². The van der Waals surface area contributed by atoms with Crippen LogP contribution in [0.3, 0.4) is 0 Å². The van der Waals surface area contributed by atoms with Gasteiger partial charge in [0.25, 0.3) is 5.91 Å². The number of rotatable bonds is 8. The lowest BCUT2D eigenvalue weighted by Gasteiger charge is -2.23. The van der Waals surface area contributed by atoms with Crippen molar-refractivity contribution in [2.45, 2.75) is 45.8 Å². The number of nitrogens with zero attached hydrogens (tertiary/aromatic N) is 3. The fourth-order valence-electron chi connectivity index (χ4n) is 5.21. The van der Waals surface area contributed by atoms with Crippen molar-refractivity contribution < 1.29 is 18.7 Å². The Labute approximate surface area is 277 Å². The number of benzene rings is 2. The second-order valence-corrected chi connectivity index (χ2v) is 11.7. The molecule has 13 heteroatoms. The highest BCUT2D eigenvalue weighted by atomic mass is 35.5. The number of amides is 2. The maximum Gasteiger partial charge on any atom is 0.269 e. The van der Waals surface area contributed by atoms with Crippen molar-refractivity contribution >= 4 is 46.3 Å². The van der Waals surface area contributed by atoms with Crippen molar-refractivity contribution in [3.05, 3.63) is 101 Å². The van der Waals surface area contributed by atoms with Crippen LogP contribution in [0.5, 0.6) is 0 Å². The molecule has 1 aliphatic rings. The Kier molecular flexibility index (Phi) is 10.6. The van der Waals surface area contributed by atoms with Crippen molar-refractivity contribution in [2.24, 2.45) is 11.7 Å². The zero-order valence-corrected chi connectivity index (χ0v) is 27.0. The number of nitrogens with one attached hydrogen (secondary N) is 4. The molecule has 2 atom stereocenters. The number of methoxy groups -OCH3 is 1. The number of aromatic nitrogens is 3. The van der Waals surface area contributed by atoms with Crippen LogP contribution in [-0.4, -0.2) is 33.9 Å². The van der Waals surface area contributed by atoms with Crippen molar-refractivity contribution in [3.8, 4) is 11.1 Å². The van der Waals surface area contributed by atoms with Gasteiger partial charge in [0.2, 0.25) is 5.91 Å². The monoisotopic (exact) mass is 658 g/mol. The average Bonchev–Trinajstić information content (AvgIpc) is 3.06. The van der Waals surface area contributed by atoms with E-state index >= 15 is 0 Å². The fourth-order valence-corrected chi connectivity index (χ4v) is 5.38. The number of pyridine rings is 1. The van der Waals surface area contributed by atoms with Gasteiger partial charge in [-0.3, -0.25) is 14.6 Å². The summed E-state index contributed by atoms with van der Waals surface area (Å²) >= 11 is 5.90. The van der Waals surface area contributed by atoms with Gasteiger partial charge in [0.05, 0.1) is 40.4 Å². The molecule has 244 valence electrons. The van der Waals surface area contributed by atoms with Gasteiger partial charge in [-0.05, 0) is 61.7 Å². The van der Waals surface area contributed by atoms with E-state index in [1.54, 1.807) is 32.4 Å². The summed E-state index contributed by atoms with van der Waals surface area (Å²) in [5, 5.41) is 12.2. The molecule has 2 bridgehead atoms. The number of allylic oxidation sites excluding steroid dienone is 1. The third kappa shape index (κ3) is 8.21. The van der Waals surface area contributed by atoms with Gasteiger partial charge in [-0.25, -0.2) is 14.4 Å². The Hall–Kier alpha value is -5.07. The lowest BCUT2D eigenvalue weighted by molar-refractivity contribution is -0.120. The molecule has 3 heterocycles. The van der Waals surface area contributed by atoms with E-state index in [1.807, 2.05) is 37.3 Å². The molecule has 5 rings (SSSR count). The van der Waals surface area contributed by atoms with E-state index in [0.29, 0.717) is 48.8 Å². The zero-order chi connectivity index (χ0) is 33.5. The predicted molar refractivity (Wildman–Crippen MR) is 180 cm³/mol. The molecule has 2 aromatic carbocycles. The van der Waals surface area contributed by atoms with Crippen LogP contribution in [0.25, 0.3) is 11.1 Å². The van der Waals surface area contributed by atoms with Crippen LogP contribution >= 0.6 is 11.6 Å². The van der Waals surface area contributed by atoms with Crippen LogP contribution in [-0.2, 0) is 20.9 Å². The number of hydrogen-bond donors (Lipinski definition) is 5. The highest BCUT2D eigenvalue weighted by Crippen LogP contribution is 2.34. The van der Waals surface area contributed by atoms with Crippen LogP contribution in [0.4, 0.5) is 27.3 Å². The Morgan fingerprint density at radius 1 is 1.13 bits per heavy atom. The summed E-state index contributed by atoms with van der Waals surface area (Å²) in [5.74, 6) is -1.02. The van der Waals surface area contributed by atoms with Gasteiger partial charge in [0, 0.05) is 42.2 Å². The number of anilines is 4. The van der Waals surface area contributed by atoms with Crippen LogP contribution < -0.4 is 27.0 Å². The molecule has 0 radical (unpaired) electrons. The smallest absolute Gasteiger partial charge is 0.269 e. The molecule has 0 saturated heterocycles. The van der Waals surface area contributed by atoms with E-state index in [-0.39, 0.29) is 33.9 Å². The molecule has 0 saturated carbocycles. The lowest BCUT2D eigenvalue weighted by Crippen LogP contribution is -2.34. The van der Waals surface area contributed by atoms with E-state index in [0.717, 1.165) is 16.8 Å². The van der Waals surface area contributed by atoms with Gasteiger partial charge in [-0.15, -0.1) is 0 Å². The van der Waals surface area contributed by atoms with Crippen LogP contribution in [0, 0.1) is 11.7 Å². The van der Waals surface area contributed by atoms with E-state index in [4.69, 9.17) is 22.1 Å². The molecule has 4 aromatic rings. The summed E-state index contributed by atoms with van der Waals surface area (Å²) in [6.45, 7) is 3.80. The fraction of sp³-hybridized carbons (Fsp3) is 0.265. The van der Waals surface area contributed by atoms with Crippen molar-refractivity contribution in [1.82, 2.24) is 20.3 Å². The number of carbonyl (C=O) groups is 2. The largest absolute Gasteiger partial charge is 0.393 e. The summed E-state index contributed by atoms with van der Waals surface area (Å²) in [7, 11) is 1.60. The molecular weight excluding hydrogens is 623 g/mol. The first-order valence-electron chi connectivity index (χ1n) is 15.1. The first-order valence-corrected chi connectivity index (χ1v) is 15.5. The lowest BCUT2D eigenvalue weighted by atomic mass is 9.95. The van der Waals surface area contributed by atoms with Crippen LogP contribution in [0.2, 0.25) is 5.02 Å². The molecule has 11 nitrogen and oxygen atoms in total. The molecule has 6 N–H and O–H groups in total. The maximum atomic E-state index is 14.5.